The van der Waals surface area contributed by atoms with Crippen LogP contribution in [0.1, 0.15) is 50.7 Å². The Morgan fingerprint density at radius 1 is 1.43 bits per heavy atom. The molecule has 1 atom stereocenters. The molecular weight excluding hydrogens is 262 g/mol. The van der Waals surface area contributed by atoms with E-state index in [0.717, 1.165) is 30.8 Å². The smallest absolute Gasteiger partial charge is 0.260 e. The number of carbonyl (C=O) groups is 1. The fourth-order valence-corrected chi connectivity index (χ4v) is 2.89. The summed E-state index contributed by atoms with van der Waals surface area (Å²) in [7, 11) is 0. The number of rotatable bonds is 4. The molecule has 0 aliphatic carbocycles. The molecular formula is C18H27NO2. The Hall–Kier alpha value is -1.51. The van der Waals surface area contributed by atoms with Crippen LogP contribution in [0.5, 0.6) is 5.75 Å². The lowest BCUT2D eigenvalue weighted by molar-refractivity contribution is -0.135. The molecule has 1 aliphatic rings. The maximum absolute atomic E-state index is 12.3. The maximum Gasteiger partial charge on any atom is 0.260 e. The summed E-state index contributed by atoms with van der Waals surface area (Å²) in [5, 5.41) is 0. The molecule has 1 aromatic rings. The van der Waals surface area contributed by atoms with Gasteiger partial charge in [0.05, 0.1) is 0 Å². The first kappa shape index (κ1) is 15.9. The van der Waals surface area contributed by atoms with Crippen molar-refractivity contribution >= 4 is 5.91 Å². The second-order valence-corrected chi connectivity index (χ2v) is 6.57. The Kier molecular flexibility index (Phi) is 5.27. The molecule has 2 rings (SSSR count). The molecule has 1 aliphatic heterocycles. The Labute approximate surface area is 128 Å². The van der Waals surface area contributed by atoms with Gasteiger partial charge in [0, 0.05) is 13.1 Å². The highest BCUT2D eigenvalue weighted by atomic mass is 16.5. The van der Waals surface area contributed by atoms with Crippen molar-refractivity contribution in [2.45, 2.75) is 46.5 Å². The maximum atomic E-state index is 12.3. The Balaban J connectivity index is 1.99. The number of carbonyl (C=O) groups excluding carboxylic acids is 1. The van der Waals surface area contributed by atoms with Crippen LogP contribution >= 0.6 is 0 Å². The second-order valence-electron chi connectivity index (χ2n) is 6.57. The van der Waals surface area contributed by atoms with Gasteiger partial charge in [-0.2, -0.15) is 0 Å². The Bertz CT molecular complexity index is 496. The summed E-state index contributed by atoms with van der Waals surface area (Å²) in [6.45, 7) is 10.4. The van der Waals surface area contributed by atoms with E-state index in [4.69, 9.17) is 4.74 Å². The van der Waals surface area contributed by atoms with E-state index in [2.05, 4.69) is 32.9 Å². The van der Waals surface area contributed by atoms with Crippen molar-refractivity contribution in [2.24, 2.45) is 5.92 Å². The number of nitrogens with zero attached hydrogens (tertiary/aromatic N) is 1. The van der Waals surface area contributed by atoms with Crippen LogP contribution in [0.15, 0.2) is 18.2 Å². The molecule has 1 aromatic carbocycles. The van der Waals surface area contributed by atoms with Crippen LogP contribution in [-0.2, 0) is 4.79 Å². The summed E-state index contributed by atoms with van der Waals surface area (Å²) in [6.07, 6.45) is 2.33. The van der Waals surface area contributed by atoms with Crippen molar-refractivity contribution in [3.05, 3.63) is 29.3 Å². The molecule has 0 radical (unpaired) electrons. The monoisotopic (exact) mass is 289 g/mol. The predicted molar refractivity (Wildman–Crippen MR) is 85.7 cm³/mol. The second kappa shape index (κ2) is 6.97. The normalized spacial score (nSPS) is 18.9. The van der Waals surface area contributed by atoms with Crippen molar-refractivity contribution in [1.29, 1.82) is 0 Å². The molecule has 3 heteroatoms. The first-order valence-corrected chi connectivity index (χ1v) is 7.98. The van der Waals surface area contributed by atoms with Crippen LogP contribution in [0.4, 0.5) is 0 Å². The molecule has 3 nitrogen and oxygen atoms in total. The number of ether oxygens (including phenoxy) is 1. The van der Waals surface area contributed by atoms with E-state index in [1.165, 1.54) is 12.0 Å². The van der Waals surface area contributed by atoms with E-state index in [0.29, 0.717) is 11.8 Å². The number of benzene rings is 1. The quantitative estimate of drug-likeness (QED) is 0.844. The molecule has 1 fully saturated rings. The molecule has 116 valence electrons. The minimum absolute atomic E-state index is 0.109. The van der Waals surface area contributed by atoms with E-state index >= 15 is 0 Å². The van der Waals surface area contributed by atoms with Crippen LogP contribution in [-0.4, -0.2) is 30.5 Å². The number of aryl methyl sites for hydroxylation is 1. The topological polar surface area (TPSA) is 29.5 Å². The third-order valence-electron chi connectivity index (χ3n) is 4.15. The van der Waals surface area contributed by atoms with Gasteiger partial charge >= 0.3 is 0 Å². The Morgan fingerprint density at radius 3 is 2.86 bits per heavy atom. The number of piperidine rings is 1. The highest BCUT2D eigenvalue weighted by Gasteiger charge is 2.21. The highest BCUT2D eigenvalue weighted by molar-refractivity contribution is 5.78. The third-order valence-corrected chi connectivity index (χ3v) is 4.15. The van der Waals surface area contributed by atoms with Crippen molar-refractivity contribution in [2.75, 3.05) is 19.7 Å². The lowest BCUT2D eigenvalue weighted by Gasteiger charge is -2.31. The molecule has 1 amide bonds. The lowest BCUT2D eigenvalue weighted by Crippen LogP contribution is -2.41. The van der Waals surface area contributed by atoms with Gasteiger partial charge in [-0.3, -0.25) is 4.79 Å². The summed E-state index contributed by atoms with van der Waals surface area (Å²) in [6, 6.07) is 6.22. The molecule has 21 heavy (non-hydrogen) atoms. The number of hydrogen-bond donors (Lipinski definition) is 0. The van der Waals surface area contributed by atoms with Crippen LogP contribution in [0.3, 0.4) is 0 Å². The first-order valence-electron chi connectivity index (χ1n) is 7.98. The molecule has 0 spiro atoms. The molecule has 0 bridgehead atoms. The van der Waals surface area contributed by atoms with Gasteiger partial charge in [0.25, 0.3) is 5.91 Å². The SMILES string of the molecule is Cc1ccc(C(C)C)c(OCC(=O)N2CCCC(C)C2)c1. The zero-order valence-electron chi connectivity index (χ0n) is 13.7. The summed E-state index contributed by atoms with van der Waals surface area (Å²) in [5.74, 6) is 1.96. The summed E-state index contributed by atoms with van der Waals surface area (Å²) in [5.41, 5.74) is 2.33. The van der Waals surface area contributed by atoms with Gasteiger partial charge in [0.15, 0.2) is 6.61 Å². The fraction of sp³-hybridized carbons (Fsp3) is 0.611. The van der Waals surface area contributed by atoms with Crippen molar-refractivity contribution in [3.8, 4) is 5.75 Å². The summed E-state index contributed by atoms with van der Waals surface area (Å²) < 4.78 is 5.84. The Morgan fingerprint density at radius 2 is 2.19 bits per heavy atom. The molecule has 0 N–H and O–H groups in total. The minimum atomic E-state index is 0.109. The molecule has 1 saturated heterocycles. The fourth-order valence-electron chi connectivity index (χ4n) is 2.89. The largest absolute Gasteiger partial charge is 0.483 e. The summed E-state index contributed by atoms with van der Waals surface area (Å²) >= 11 is 0. The molecule has 1 heterocycles. The van der Waals surface area contributed by atoms with E-state index in [1.807, 2.05) is 17.9 Å². The molecule has 1 unspecified atom stereocenters. The van der Waals surface area contributed by atoms with Crippen molar-refractivity contribution < 1.29 is 9.53 Å². The average molecular weight is 289 g/mol. The van der Waals surface area contributed by atoms with Crippen LogP contribution < -0.4 is 4.74 Å². The summed E-state index contributed by atoms with van der Waals surface area (Å²) in [4.78, 5) is 14.2. The van der Waals surface area contributed by atoms with Gasteiger partial charge in [-0.25, -0.2) is 0 Å². The molecule has 0 aromatic heterocycles. The zero-order valence-corrected chi connectivity index (χ0v) is 13.7. The van der Waals surface area contributed by atoms with E-state index < -0.39 is 0 Å². The van der Waals surface area contributed by atoms with Crippen LogP contribution in [0.25, 0.3) is 0 Å². The molecule has 0 saturated carbocycles. The van der Waals surface area contributed by atoms with E-state index in [-0.39, 0.29) is 12.5 Å². The van der Waals surface area contributed by atoms with Crippen molar-refractivity contribution in [3.63, 3.8) is 0 Å². The van der Waals surface area contributed by atoms with Gasteiger partial charge < -0.3 is 9.64 Å². The van der Waals surface area contributed by atoms with Gasteiger partial charge in [-0.1, -0.05) is 32.9 Å². The van der Waals surface area contributed by atoms with Crippen molar-refractivity contribution in [1.82, 2.24) is 4.90 Å². The number of amides is 1. The third kappa shape index (κ3) is 4.23. The van der Waals surface area contributed by atoms with Crippen LogP contribution in [0.2, 0.25) is 0 Å². The van der Waals surface area contributed by atoms with E-state index in [9.17, 15) is 4.79 Å². The van der Waals surface area contributed by atoms with Gasteiger partial charge in [-0.15, -0.1) is 0 Å². The van der Waals surface area contributed by atoms with Gasteiger partial charge in [0.2, 0.25) is 0 Å². The van der Waals surface area contributed by atoms with Crippen LogP contribution in [0, 0.1) is 12.8 Å². The average Bonchev–Trinajstić information content (AvgIpc) is 2.44. The minimum Gasteiger partial charge on any atom is -0.483 e. The number of likely N-dealkylation sites (tertiary alicyclic amines) is 1. The highest BCUT2D eigenvalue weighted by Crippen LogP contribution is 2.27. The zero-order chi connectivity index (χ0) is 15.4. The predicted octanol–water partition coefficient (Wildman–Crippen LogP) is 3.76. The van der Waals surface area contributed by atoms with E-state index in [1.54, 1.807) is 0 Å². The number of hydrogen-bond acceptors (Lipinski definition) is 2. The lowest BCUT2D eigenvalue weighted by atomic mass is 10.0. The van der Waals surface area contributed by atoms with Gasteiger partial charge in [0.1, 0.15) is 5.75 Å². The first-order chi connectivity index (χ1) is 9.97. The van der Waals surface area contributed by atoms with Gasteiger partial charge in [-0.05, 0) is 48.8 Å². The standard InChI is InChI=1S/C18H27NO2/c1-13(2)16-8-7-14(3)10-17(16)21-12-18(20)19-9-5-6-15(4)11-19/h7-8,10,13,15H,5-6,9,11-12H2,1-4H3.